The maximum atomic E-state index is 12.8. The Hall–Kier alpha value is -1.14. The lowest BCUT2D eigenvalue weighted by Gasteiger charge is -2.34. The predicted molar refractivity (Wildman–Crippen MR) is 98.7 cm³/mol. The van der Waals surface area contributed by atoms with Crippen LogP contribution in [0.25, 0.3) is 0 Å². The molecular weight excluding hydrogens is 332 g/mol. The SMILES string of the molecule is CC(C)(C)OC(=O)C1CC2CCCCC2N1CCC(=O)N1CCOCC1. The molecule has 3 unspecified atom stereocenters. The molecular formula is C20H34N2O4. The summed E-state index contributed by atoms with van der Waals surface area (Å²) in [7, 11) is 0. The van der Waals surface area contributed by atoms with Gasteiger partial charge in [0.2, 0.25) is 5.91 Å². The van der Waals surface area contributed by atoms with Crippen molar-refractivity contribution in [3.05, 3.63) is 0 Å². The lowest BCUT2D eigenvalue weighted by Crippen LogP contribution is -2.47. The molecule has 0 aromatic heterocycles. The number of morpholine rings is 1. The highest BCUT2D eigenvalue weighted by molar-refractivity contribution is 5.78. The summed E-state index contributed by atoms with van der Waals surface area (Å²) < 4.78 is 11.0. The fourth-order valence-electron chi connectivity index (χ4n) is 4.67. The molecule has 1 amide bonds. The van der Waals surface area contributed by atoms with Crippen LogP contribution in [0.2, 0.25) is 0 Å². The Kier molecular flexibility index (Phi) is 6.23. The van der Waals surface area contributed by atoms with Crippen LogP contribution in [0.4, 0.5) is 0 Å². The van der Waals surface area contributed by atoms with Gasteiger partial charge in [0.05, 0.1) is 13.2 Å². The molecule has 1 saturated carbocycles. The van der Waals surface area contributed by atoms with Crippen LogP contribution in [0, 0.1) is 5.92 Å². The van der Waals surface area contributed by atoms with E-state index in [1.165, 1.54) is 19.3 Å². The average Bonchev–Trinajstić information content (AvgIpc) is 2.98. The number of amides is 1. The van der Waals surface area contributed by atoms with Crippen molar-refractivity contribution in [3.8, 4) is 0 Å². The molecule has 0 aromatic carbocycles. The van der Waals surface area contributed by atoms with Gasteiger partial charge in [0.25, 0.3) is 0 Å². The summed E-state index contributed by atoms with van der Waals surface area (Å²) in [6, 6.07) is 0.235. The van der Waals surface area contributed by atoms with Crippen LogP contribution in [-0.4, -0.2) is 72.2 Å². The molecule has 6 heteroatoms. The minimum Gasteiger partial charge on any atom is -0.459 e. The Morgan fingerprint density at radius 1 is 1.12 bits per heavy atom. The normalized spacial score (nSPS) is 30.1. The fourth-order valence-corrected chi connectivity index (χ4v) is 4.67. The van der Waals surface area contributed by atoms with E-state index >= 15 is 0 Å². The van der Waals surface area contributed by atoms with E-state index in [0.29, 0.717) is 51.2 Å². The molecule has 3 fully saturated rings. The highest BCUT2D eigenvalue weighted by Crippen LogP contribution is 2.40. The third kappa shape index (κ3) is 4.77. The second kappa shape index (κ2) is 8.26. The molecule has 26 heavy (non-hydrogen) atoms. The smallest absolute Gasteiger partial charge is 0.323 e. The lowest BCUT2D eigenvalue weighted by atomic mass is 9.84. The first kappa shape index (κ1) is 19.6. The van der Waals surface area contributed by atoms with Gasteiger partial charge < -0.3 is 14.4 Å². The van der Waals surface area contributed by atoms with E-state index in [1.807, 2.05) is 25.7 Å². The van der Waals surface area contributed by atoms with E-state index < -0.39 is 5.60 Å². The second-order valence-electron chi connectivity index (χ2n) is 8.88. The fraction of sp³-hybridized carbons (Fsp3) is 0.900. The van der Waals surface area contributed by atoms with Crippen molar-refractivity contribution in [2.24, 2.45) is 5.92 Å². The summed E-state index contributed by atoms with van der Waals surface area (Å²) >= 11 is 0. The zero-order valence-corrected chi connectivity index (χ0v) is 16.5. The summed E-state index contributed by atoms with van der Waals surface area (Å²) in [5.41, 5.74) is -0.472. The number of hydrogen-bond acceptors (Lipinski definition) is 5. The van der Waals surface area contributed by atoms with E-state index in [-0.39, 0.29) is 17.9 Å². The Bertz CT molecular complexity index is 510. The van der Waals surface area contributed by atoms with E-state index in [1.54, 1.807) is 0 Å². The van der Waals surface area contributed by atoms with Gasteiger partial charge in [-0.15, -0.1) is 0 Å². The zero-order chi connectivity index (χ0) is 18.7. The molecule has 3 atom stereocenters. The maximum absolute atomic E-state index is 12.8. The molecule has 148 valence electrons. The first-order valence-corrected chi connectivity index (χ1v) is 10.2. The molecule has 1 aliphatic carbocycles. The molecule has 3 rings (SSSR count). The van der Waals surface area contributed by atoms with Crippen molar-refractivity contribution >= 4 is 11.9 Å². The predicted octanol–water partition coefficient (Wildman–Crippen LogP) is 2.21. The molecule has 0 bridgehead atoms. The monoisotopic (exact) mass is 366 g/mol. The molecule has 0 radical (unpaired) electrons. The Morgan fingerprint density at radius 3 is 2.50 bits per heavy atom. The van der Waals surface area contributed by atoms with Gasteiger partial charge in [-0.25, -0.2) is 0 Å². The maximum Gasteiger partial charge on any atom is 0.323 e. The summed E-state index contributed by atoms with van der Waals surface area (Å²) in [6.45, 7) is 9.01. The minimum absolute atomic E-state index is 0.120. The Balaban J connectivity index is 1.63. The van der Waals surface area contributed by atoms with Gasteiger partial charge in [0.1, 0.15) is 11.6 Å². The van der Waals surface area contributed by atoms with E-state index in [4.69, 9.17) is 9.47 Å². The van der Waals surface area contributed by atoms with Gasteiger partial charge in [0, 0.05) is 32.1 Å². The van der Waals surface area contributed by atoms with E-state index in [9.17, 15) is 9.59 Å². The summed E-state index contributed by atoms with van der Waals surface area (Å²) in [5, 5.41) is 0. The number of rotatable bonds is 4. The van der Waals surface area contributed by atoms with Crippen LogP contribution >= 0.6 is 0 Å². The Morgan fingerprint density at radius 2 is 1.81 bits per heavy atom. The first-order valence-electron chi connectivity index (χ1n) is 10.2. The summed E-state index contributed by atoms with van der Waals surface area (Å²) in [6.07, 6.45) is 6.15. The van der Waals surface area contributed by atoms with Crippen molar-refractivity contribution < 1.29 is 19.1 Å². The number of nitrogens with zero attached hydrogens (tertiary/aromatic N) is 2. The van der Waals surface area contributed by atoms with Crippen molar-refractivity contribution in [1.82, 2.24) is 9.80 Å². The van der Waals surface area contributed by atoms with E-state index in [0.717, 1.165) is 12.8 Å². The Labute approximate surface area is 157 Å². The van der Waals surface area contributed by atoms with Crippen LogP contribution < -0.4 is 0 Å². The van der Waals surface area contributed by atoms with Crippen LogP contribution in [0.15, 0.2) is 0 Å². The van der Waals surface area contributed by atoms with Crippen LogP contribution in [-0.2, 0) is 19.1 Å². The number of fused-ring (bicyclic) bond motifs is 1. The van der Waals surface area contributed by atoms with Gasteiger partial charge >= 0.3 is 5.97 Å². The quantitative estimate of drug-likeness (QED) is 0.714. The van der Waals surface area contributed by atoms with Crippen molar-refractivity contribution in [2.45, 2.75) is 77.0 Å². The van der Waals surface area contributed by atoms with Crippen LogP contribution in [0.3, 0.4) is 0 Å². The highest BCUT2D eigenvalue weighted by atomic mass is 16.6. The van der Waals surface area contributed by atoms with Crippen molar-refractivity contribution in [1.29, 1.82) is 0 Å². The topological polar surface area (TPSA) is 59.1 Å². The zero-order valence-electron chi connectivity index (χ0n) is 16.5. The number of esters is 1. The average molecular weight is 367 g/mol. The van der Waals surface area contributed by atoms with Crippen molar-refractivity contribution in [2.75, 3.05) is 32.8 Å². The second-order valence-corrected chi connectivity index (χ2v) is 8.88. The van der Waals surface area contributed by atoms with Gasteiger partial charge in [-0.1, -0.05) is 12.8 Å². The summed E-state index contributed by atoms with van der Waals surface area (Å²) in [4.78, 5) is 29.5. The number of ether oxygens (including phenoxy) is 2. The number of likely N-dealkylation sites (tertiary alicyclic amines) is 1. The van der Waals surface area contributed by atoms with Crippen LogP contribution in [0.1, 0.15) is 59.3 Å². The van der Waals surface area contributed by atoms with Gasteiger partial charge in [0.15, 0.2) is 0 Å². The molecule has 2 aliphatic heterocycles. The molecule has 2 heterocycles. The van der Waals surface area contributed by atoms with Gasteiger partial charge in [-0.3, -0.25) is 14.5 Å². The third-order valence-corrected chi connectivity index (χ3v) is 5.85. The van der Waals surface area contributed by atoms with Gasteiger partial charge in [-0.2, -0.15) is 0 Å². The minimum atomic E-state index is -0.472. The van der Waals surface area contributed by atoms with Crippen molar-refractivity contribution in [3.63, 3.8) is 0 Å². The molecule has 0 aromatic rings. The first-order chi connectivity index (χ1) is 12.3. The standard InChI is InChI=1S/C20H34N2O4/c1-20(2,3)26-19(24)17-14-15-6-4-5-7-16(15)22(17)9-8-18(23)21-10-12-25-13-11-21/h15-17H,4-14H2,1-3H3. The van der Waals surface area contributed by atoms with E-state index in [2.05, 4.69) is 4.90 Å². The molecule has 0 N–H and O–H groups in total. The molecule has 6 nitrogen and oxygen atoms in total. The molecule has 0 spiro atoms. The third-order valence-electron chi connectivity index (χ3n) is 5.85. The molecule has 3 aliphatic rings. The summed E-state index contributed by atoms with van der Waals surface area (Å²) in [5.74, 6) is 0.626. The number of carbonyl (C=O) groups excluding carboxylic acids is 2. The largest absolute Gasteiger partial charge is 0.459 e. The van der Waals surface area contributed by atoms with Crippen LogP contribution in [0.5, 0.6) is 0 Å². The highest BCUT2D eigenvalue weighted by Gasteiger charge is 2.46. The number of hydrogen-bond donors (Lipinski definition) is 0. The lowest BCUT2D eigenvalue weighted by molar-refractivity contribution is -0.161. The number of carbonyl (C=O) groups is 2. The van der Waals surface area contributed by atoms with Gasteiger partial charge in [-0.05, 0) is 46.0 Å². The molecule has 2 saturated heterocycles.